The van der Waals surface area contributed by atoms with Crippen LogP contribution in [-0.4, -0.2) is 39.7 Å². The minimum atomic E-state index is -0.616. The molecule has 0 aromatic heterocycles. The SMILES string of the molecule is CC(=O)c1ccc(NC(=O)C[C@@H]2SC(=Nc3ccc(C)cc3)N(Cc3ccc4c(c3)OCO4)C2=O)cc1. The van der Waals surface area contributed by atoms with Crippen LogP contribution >= 0.6 is 11.8 Å². The zero-order valence-corrected chi connectivity index (χ0v) is 21.2. The number of aliphatic imine (C=N–C) groups is 1. The Morgan fingerprint density at radius 3 is 2.49 bits per heavy atom. The highest BCUT2D eigenvalue weighted by Crippen LogP contribution is 2.36. The number of Topliss-reactive ketones (excluding diaryl/α,β-unsaturated/α-hetero) is 1. The van der Waals surface area contributed by atoms with Crippen LogP contribution < -0.4 is 14.8 Å². The van der Waals surface area contributed by atoms with E-state index in [0.717, 1.165) is 16.8 Å². The molecule has 1 N–H and O–H groups in total. The minimum absolute atomic E-state index is 0.0114. The van der Waals surface area contributed by atoms with Crippen molar-refractivity contribution in [3.8, 4) is 11.5 Å². The van der Waals surface area contributed by atoms with Crippen molar-refractivity contribution >= 4 is 45.9 Å². The number of nitrogens with one attached hydrogen (secondary N) is 1. The van der Waals surface area contributed by atoms with E-state index in [-0.39, 0.29) is 37.4 Å². The third kappa shape index (κ3) is 5.67. The number of fused-ring (bicyclic) bond motifs is 1. The lowest BCUT2D eigenvalue weighted by molar-refractivity contribution is -0.128. The average Bonchev–Trinajstić information content (AvgIpc) is 3.46. The predicted octanol–water partition coefficient (Wildman–Crippen LogP) is 5.09. The standard InChI is InChI=1S/C28H25N3O5S/c1-17-3-8-22(9-4-17)30-28-31(15-19-5-12-23-24(13-19)36-16-35-23)27(34)25(37-28)14-26(33)29-21-10-6-20(7-11-21)18(2)32/h3-13,25H,14-16H2,1-2H3,(H,29,33)/t25-/m0/s1. The van der Waals surface area contributed by atoms with Crippen molar-refractivity contribution in [1.29, 1.82) is 0 Å². The fourth-order valence-corrected chi connectivity index (χ4v) is 5.15. The molecule has 0 radical (unpaired) electrons. The Labute approximate surface area is 218 Å². The molecule has 3 aromatic carbocycles. The van der Waals surface area contributed by atoms with Crippen LogP contribution in [0, 0.1) is 6.92 Å². The number of thioether (sulfide) groups is 1. The highest BCUT2D eigenvalue weighted by atomic mass is 32.2. The highest BCUT2D eigenvalue weighted by Gasteiger charge is 2.39. The summed E-state index contributed by atoms with van der Waals surface area (Å²) in [4.78, 5) is 44.1. The Morgan fingerprint density at radius 2 is 1.76 bits per heavy atom. The minimum Gasteiger partial charge on any atom is -0.454 e. The fraction of sp³-hybridized carbons (Fsp3) is 0.214. The number of aryl methyl sites for hydroxylation is 1. The van der Waals surface area contributed by atoms with Gasteiger partial charge in [0.05, 0.1) is 12.2 Å². The zero-order chi connectivity index (χ0) is 25.9. The predicted molar refractivity (Wildman–Crippen MR) is 142 cm³/mol. The molecule has 5 rings (SSSR count). The van der Waals surface area contributed by atoms with E-state index in [4.69, 9.17) is 14.5 Å². The van der Waals surface area contributed by atoms with Gasteiger partial charge in [0.2, 0.25) is 18.6 Å². The molecule has 1 atom stereocenters. The Morgan fingerprint density at radius 1 is 1.03 bits per heavy atom. The molecule has 1 fully saturated rings. The Kier molecular flexibility index (Phi) is 6.96. The number of carbonyl (C=O) groups is 3. The number of benzene rings is 3. The van der Waals surface area contributed by atoms with Gasteiger partial charge in [-0.25, -0.2) is 4.99 Å². The van der Waals surface area contributed by atoms with Crippen molar-refractivity contribution in [3.63, 3.8) is 0 Å². The first-order chi connectivity index (χ1) is 17.9. The first-order valence-corrected chi connectivity index (χ1v) is 12.7. The second kappa shape index (κ2) is 10.5. The number of carbonyl (C=O) groups excluding carboxylic acids is 3. The number of anilines is 1. The average molecular weight is 516 g/mol. The van der Waals surface area contributed by atoms with E-state index in [0.29, 0.717) is 27.9 Å². The van der Waals surface area contributed by atoms with Crippen molar-refractivity contribution in [2.24, 2.45) is 4.99 Å². The van der Waals surface area contributed by atoms with Gasteiger partial charge < -0.3 is 14.8 Å². The molecule has 0 saturated carbocycles. The Hall–Kier alpha value is -4.11. The molecule has 37 heavy (non-hydrogen) atoms. The maximum atomic E-state index is 13.5. The van der Waals surface area contributed by atoms with Crippen LogP contribution in [0.5, 0.6) is 11.5 Å². The maximum Gasteiger partial charge on any atom is 0.242 e. The molecule has 1 saturated heterocycles. The van der Waals surface area contributed by atoms with Gasteiger partial charge in [0.25, 0.3) is 0 Å². The molecular weight excluding hydrogens is 490 g/mol. The summed E-state index contributed by atoms with van der Waals surface area (Å²) in [5.41, 5.74) is 3.84. The van der Waals surface area contributed by atoms with Crippen LogP contribution in [0.15, 0.2) is 71.7 Å². The third-order valence-electron chi connectivity index (χ3n) is 6.00. The van der Waals surface area contributed by atoms with Crippen molar-refractivity contribution < 1.29 is 23.9 Å². The van der Waals surface area contributed by atoms with Gasteiger partial charge in [-0.15, -0.1) is 0 Å². The lowest BCUT2D eigenvalue weighted by Gasteiger charge is -2.17. The van der Waals surface area contributed by atoms with Crippen molar-refractivity contribution in [1.82, 2.24) is 4.90 Å². The van der Waals surface area contributed by atoms with Crippen LogP contribution in [0.4, 0.5) is 11.4 Å². The molecule has 0 aliphatic carbocycles. The number of hydrogen-bond donors (Lipinski definition) is 1. The summed E-state index contributed by atoms with van der Waals surface area (Å²) in [7, 11) is 0. The summed E-state index contributed by atoms with van der Waals surface area (Å²) >= 11 is 1.28. The van der Waals surface area contributed by atoms with E-state index in [1.54, 1.807) is 29.2 Å². The van der Waals surface area contributed by atoms with Gasteiger partial charge in [-0.05, 0) is 67.9 Å². The van der Waals surface area contributed by atoms with Crippen LogP contribution in [0.2, 0.25) is 0 Å². The van der Waals surface area contributed by atoms with Crippen LogP contribution in [0.25, 0.3) is 0 Å². The Bertz CT molecular complexity index is 1390. The number of rotatable bonds is 7. The lowest BCUT2D eigenvalue weighted by atomic mass is 10.1. The van der Waals surface area contributed by atoms with Gasteiger partial charge in [0.1, 0.15) is 5.25 Å². The van der Waals surface area contributed by atoms with Crippen LogP contribution in [-0.2, 0) is 16.1 Å². The molecular formula is C28H25N3O5S. The summed E-state index contributed by atoms with van der Waals surface area (Å²) in [5, 5.41) is 2.74. The second-order valence-electron chi connectivity index (χ2n) is 8.83. The number of amidine groups is 1. The normalized spacial score (nSPS) is 17.4. The summed E-state index contributed by atoms with van der Waals surface area (Å²) in [6.07, 6.45) is -0.0114. The number of amides is 2. The highest BCUT2D eigenvalue weighted by molar-refractivity contribution is 8.15. The van der Waals surface area contributed by atoms with E-state index in [1.165, 1.54) is 18.7 Å². The molecule has 9 heteroatoms. The van der Waals surface area contributed by atoms with E-state index in [9.17, 15) is 14.4 Å². The van der Waals surface area contributed by atoms with E-state index in [2.05, 4.69) is 5.32 Å². The quantitative estimate of drug-likeness (QED) is 0.441. The van der Waals surface area contributed by atoms with Gasteiger partial charge in [-0.3, -0.25) is 19.3 Å². The van der Waals surface area contributed by atoms with Crippen LogP contribution in [0.3, 0.4) is 0 Å². The fourth-order valence-electron chi connectivity index (χ4n) is 3.99. The molecule has 2 aliphatic rings. The first-order valence-electron chi connectivity index (χ1n) is 11.8. The monoisotopic (exact) mass is 515 g/mol. The van der Waals surface area contributed by atoms with Gasteiger partial charge >= 0.3 is 0 Å². The summed E-state index contributed by atoms with van der Waals surface area (Å²) in [6.45, 7) is 3.95. The Balaban J connectivity index is 1.34. The van der Waals surface area contributed by atoms with Gasteiger partial charge in [-0.2, -0.15) is 0 Å². The molecule has 0 unspecified atom stereocenters. The first kappa shape index (κ1) is 24.6. The molecule has 2 aliphatic heterocycles. The third-order valence-corrected chi connectivity index (χ3v) is 7.18. The smallest absolute Gasteiger partial charge is 0.242 e. The van der Waals surface area contributed by atoms with Crippen LogP contribution in [0.1, 0.15) is 34.8 Å². The topological polar surface area (TPSA) is 97.3 Å². The molecule has 0 bridgehead atoms. The summed E-state index contributed by atoms with van der Waals surface area (Å²) < 4.78 is 10.9. The van der Waals surface area contributed by atoms with E-state index in [1.807, 2.05) is 49.4 Å². The summed E-state index contributed by atoms with van der Waals surface area (Å²) in [5.74, 6) is 0.788. The van der Waals surface area contributed by atoms with Gasteiger partial charge in [-0.1, -0.05) is 35.5 Å². The van der Waals surface area contributed by atoms with Gasteiger partial charge in [0, 0.05) is 17.7 Å². The number of ether oxygens (including phenoxy) is 2. The molecule has 2 heterocycles. The van der Waals surface area contributed by atoms with E-state index >= 15 is 0 Å². The van der Waals surface area contributed by atoms with E-state index < -0.39 is 5.25 Å². The van der Waals surface area contributed by atoms with Crippen molar-refractivity contribution in [2.45, 2.75) is 32.1 Å². The number of ketones is 1. The molecule has 2 amide bonds. The van der Waals surface area contributed by atoms with Crippen molar-refractivity contribution in [2.75, 3.05) is 12.1 Å². The molecule has 3 aromatic rings. The second-order valence-corrected chi connectivity index (χ2v) is 10.0. The molecule has 0 spiro atoms. The molecule has 188 valence electrons. The molecule has 8 nitrogen and oxygen atoms in total. The summed E-state index contributed by atoms with van der Waals surface area (Å²) in [6, 6.07) is 20.0. The number of nitrogens with zero attached hydrogens (tertiary/aromatic N) is 2. The maximum absolute atomic E-state index is 13.5. The van der Waals surface area contributed by atoms with Crippen molar-refractivity contribution in [3.05, 3.63) is 83.4 Å². The largest absolute Gasteiger partial charge is 0.454 e. The van der Waals surface area contributed by atoms with Gasteiger partial charge in [0.15, 0.2) is 22.4 Å². The lowest BCUT2D eigenvalue weighted by Crippen LogP contribution is -2.33. The zero-order valence-electron chi connectivity index (χ0n) is 20.4. The number of hydrogen-bond acceptors (Lipinski definition) is 7.